The lowest BCUT2D eigenvalue weighted by Gasteiger charge is -2.26. The van der Waals surface area contributed by atoms with Crippen molar-refractivity contribution in [3.05, 3.63) is 107 Å². The van der Waals surface area contributed by atoms with Crippen LogP contribution in [0.3, 0.4) is 0 Å². The van der Waals surface area contributed by atoms with Crippen molar-refractivity contribution < 1.29 is 45.5 Å². The number of aromatic nitrogens is 4. The molecule has 1 radical (unpaired) electrons. The standard InChI is InChI=1S/C32H30BF3N5O7S/c1-45-24-10-4-21(5-11-24)18-40(19-22-6-12-25(46-2)13-7-22)49(43,44)30-27(32(34,35)36)16-17-28(48-33-42)29(30)31-37-39-41(38-31)20-23-8-14-26(47-3)15-9-23/h4-17,42H,18-20H2,1-3H3. The Kier molecular flexibility index (Phi) is 10.7. The van der Waals surface area contributed by atoms with Crippen LogP contribution in [0, 0.1) is 0 Å². The van der Waals surface area contributed by atoms with Gasteiger partial charge in [0.1, 0.15) is 27.9 Å². The summed E-state index contributed by atoms with van der Waals surface area (Å²) in [6.07, 6.45) is -5.15. The molecule has 0 saturated heterocycles. The molecule has 17 heteroatoms. The number of halogens is 3. The number of rotatable bonds is 14. The zero-order chi connectivity index (χ0) is 35.2. The maximum absolute atomic E-state index is 14.7. The maximum Gasteiger partial charge on any atom is 0.569 e. The van der Waals surface area contributed by atoms with Crippen molar-refractivity contribution in [1.82, 2.24) is 24.5 Å². The summed E-state index contributed by atoms with van der Waals surface area (Å²) in [6, 6.07) is 21.2. The van der Waals surface area contributed by atoms with E-state index in [9.17, 15) is 26.6 Å². The number of tetrazole rings is 1. The second kappa shape index (κ2) is 15.0. The van der Waals surface area contributed by atoms with Gasteiger partial charge in [-0.05, 0) is 70.4 Å². The fraction of sp³-hybridized carbons (Fsp3) is 0.219. The Morgan fingerprint density at radius 2 is 1.27 bits per heavy atom. The molecule has 1 aromatic heterocycles. The van der Waals surface area contributed by atoms with Gasteiger partial charge in [0.2, 0.25) is 15.8 Å². The van der Waals surface area contributed by atoms with Crippen molar-refractivity contribution in [2.24, 2.45) is 0 Å². The monoisotopic (exact) mass is 696 g/mol. The molecule has 49 heavy (non-hydrogen) atoms. The number of sulfonamides is 1. The first-order valence-corrected chi connectivity index (χ1v) is 15.9. The Bertz CT molecular complexity index is 1930. The third-order valence-electron chi connectivity index (χ3n) is 7.40. The normalized spacial score (nSPS) is 11.8. The smallest absolute Gasteiger partial charge is 0.537 e. The first-order valence-electron chi connectivity index (χ1n) is 14.5. The number of methoxy groups -OCH3 is 3. The Labute approximate surface area is 281 Å². The van der Waals surface area contributed by atoms with Crippen LogP contribution in [0.15, 0.2) is 89.8 Å². The quantitative estimate of drug-likeness (QED) is 0.162. The van der Waals surface area contributed by atoms with Gasteiger partial charge in [0, 0.05) is 13.1 Å². The van der Waals surface area contributed by atoms with Crippen LogP contribution < -0.4 is 18.9 Å². The van der Waals surface area contributed by atoms with E-state index in [0.29, 0.717) is 40.0 Å². The van der Waals surface area contributed by atoms with E-state index in [1.165, 1.54) is 21.3 Å². The SMILES string of the molecule is COc1ccc(CN(Cc2ccc(OC)cc2)S(=O)(=O)c2c(C(F)(F)F)ccc(O[B]O)c2-c2nnn(Cc3ccc(OC)cc3)n2)cc1. The molecule has 12 nitrogen and oxygen atoms in total. The van der Waals surface area contributed by atoms with Gasteiger partial charge in [-0.1, -0.05) is 36.4 Å². The number of benzene rings is 4. The zero-order valence-electron chi connectivity index (χ0n) is 26.5. The van der Waals surface area contributed by atoms with Crippen LogP contribution in [0.1, 0.15) is 22.3 Å². The highest BCUT2D eigenvalue weighted by molar-refractivity contribution is 7.89. The lowest BCUT2D eigenvalue weighted by molar-refractivity contribution is -0.139. The molecule has 0 bridgehead atoms. The zero-order valence-corrected chi connectivity index (χ0v) is 27.3. The van der Waals surface area contributed by atoms with Crippen molar-refractivity contribution in [3.63, 3.8) is 0 Å². The Morgan fingerprint density at radius 3 is 1.71 bits per heavy atom. The van der Waals surface area contributed by atoms with Gasteiger partial charge in [0.05, 0.1) is 39.0 Å². The minimum atomic E-state index is -5.15. The minimum Gasteiger partial charge on any atom is -0.537 e. The van der Waals surface area contributed by atoms with Crippen LogP contribution in [0.4, 0.5) is 13.2 Å². The topological polar surface area (TPSA) is 138 Å². The third kappa shape index (κ3) is 8.13. The Morgan fingerprint density at radius 1 is 0.776 bits per heavy atom. The van der Waals surface area contributed by atoms with Gasteiger partial charge in [-0.3, -0.25) is 0 Å². The molecule has 4 aromatic carbocycles. The first-order chi connectivity index (χ1) is 23.5. The van der Waals surface area contributed by atoms with Crippen LogP contribution in [0.5, 0.6) is 23.0 Å². The van der Waals surface area contributed by atoms with Gasteiger partial charge in [-0.15, -0.1) is 10.2 Å². The van der Waals surface area contributed by atoms with Crippen LogP contribution in [-0.2, 0) is 35.8 Å². The summed E-state index contributed by atoms with van der Waals surface area (Å²) < 4.78 is 95.3. The Hall–Kier alpha value is -5.13. The van der Waals surface area contributed by atoms with Gasteiger partial charge in [-0.2, -0.15) is 22.3 Å². The highest BCUT2D eigenvalue weighted by Crippen LogP contribution is 2.44. The van der Waals surface area contributed by atoms with Crippen LogP contribution in [0.25, 0.3) is 11.4 Å². The summed E-state index contributed by atoms with van der Waals surface area (Å²) in [6.45, 7) is -0.616. The molecule has 0 unspecified atom stereocenters. The molecule has 0 aliphatic carbocycles. The minimum absolute atomic E-state index is 0.0431. The fourth-order valence-corrected chi connectivity index (χ4v) is 6.76. The molecular formula is C32H30BF3N5O7S. The fourth-order valence-electron chi connectivity index (χ4n) is 4.95. The van der Waals surface area contributed by atoms with E-state index in [-0.39, 0.29) is 27.3 Å². The molecule has 0 amide bonds. The number of hydrogen-bond acceptors (Lipinski definition) is 10. The first kappa shape index (κ1) is 35.2. The molecule has 1 N–H and O–H groups in total. The summed E-state index contributed by atoms with van der Waals surface area (Å²) in [7, 11) is -0.407. The molecule has 0 spiro atoms. The number of ether oxygens (including phenoxy) is 3. The van der Waals surface area contributed by atoms with Crippen LogP contribution in [0.2, 0.25) is 0 Å². The third-order valence-corrected chi connectivity index (χ3v) is 9.28. The van der Waals surface area contributed by atoms with E-state index >= 15 is 0 Å². The van der Waals surface area contributed by atoms with Gasteiger partial charge in [0.15, 0.2) is 0 Å². The molecular weight excluding hydrogens is 666 g/mol. The van der Waals surface area contributed by atoms with E-state index in [4.69, 9.17) is 18.9 Å². The van der Waals surface area contributed by atoms with Crippen molar-refractivity contribution in [2.75, 3.05) is 21.3 Å². The van der Waals surface area contributed by atoms with Gasteiger partial charge >= 0.3 is 13.9 Å². The van der Waals surface area contributed by atoms with Crippen LogP contribution in [-0.4, -0.2) is 67.0 Å². The maximum atomic E-state index is 14.7. The largest absolute Gasteiger partial charge is 0.569 e. The average Bonchev–Trinajstić information content (AvgIpc) is 3.56. The Balaban J connectivity index is 1.67. The lowest BCUT2D eigenvalue weighted by atomic mass is 10.1. The molecule has 1 heterocycles. The van der Waals surface area contributed by atoms with E-state index < -0.39 is 43.8 Å². The second-order valence-electron chi connectivity index (χ2n) is 10.5. The lowest BCUT2D eigenvalue weighted by Crippen LogP contribution is -2.32. The molecule has 5 aromatic rings. The molecule has 255 valence electrons. The summed E-state index contributed by atoms with van der Waals surface area (Å²) in [4.78, 5) is -0.0856. The van der Waals surface area contributed by atoms with Crippen molar-refractivity contribution in [1.29, 1.82) is 0 Å². The van der Waals surface area contributed by atoms with Gasteiger partial charge in [-0.25, -0.2) is 8.42 Å². The summed E-state index contributed by atoms with van der Waals surface area (Å²) in [5.41, 5.74) is -0.503. The van der Waals surface area contributed by atoms with E-state index in [1.807, 2.05) is 0 Å². The number of alkyl halides is 3. The van der Waals surface area contributed by atoms with Gasteiger partial charge in [0.25, 0.3) is 0 Å². The molecule has 0 atom stereocenters. The highest BCUT2D eigenvalue weighted by Gasteiger charge is 2.43. The number of nitrogens with zero attached hydrogens (tertiary/aromatic N) is 5. The summed E-state index contributed by atoms with van der Waals surface area (Å²) in [5, 5.41) is 21.6. The highest BCUT2D eigenvalue weighted by atomic mass is 32.2. The summed E-state index contributed by atoms with van der Waals surface area (Å²) >= 11 is 0. The van der Waals surface area contributed by atoms with Crippen molar-refractivity contribution in [2.45, 2.75) is 30.7 Å². The van der Waals surface area contributed by atoms with E-state index in [0.717, 1.165) is 15.2 Å². The second-order valence-corrected chi connectivity index (χ2v) is 12.4. The van der Waals surface area contributed by atoms with Gasteiger partial charge < -0.3 is 23.9 Å². The van der Waals surface area contributed by atoms with E-state index in [2.05, 4.69) is 15.4 Å². The summed E-state index contributed by atoms with van der Waals surface area (Å²) in [5.74, 6) is 0.675. The molecule has 0 aliphatic rings. The van der Waals surface area contributed by atoms with E-state index in [1.54, 1.807) is 72.8 Å². The predicted octanol–water partition coefficient (Wildman–Crippen LogP) is 4.73. The molecule has 0 saturated carbocycles. The average molecular weight is 696 g/mol. The predicted molar refractivity (Wildman–Crippen MR) is 171 cm³/mol. The number of hydrogen-bond donors (Lipinski definition) is 1. The molecule has 0 aliphatic heterocycles. The van der Waals surface area contributed by atoms with Crippen molar-refractivity contribution >= 4 is 17.7 Å². The van der Waals surface area contributed by atoms with Crippen molar-refractivity contribution in [3.8, 4) is 34.4 Å². The molecule has 5 rings (SSSR count). The van der Waals surface area contributed by atoms with Crippen LogP contribution >= 0.6 is 0 Å². The molecule has 0 fully saturated rings.